The van der Waals surface area contributed by atoms with Gasteiger partial charge in [0.1, 0.15) is 0 Å². The van der Waals surface area contributed by atoms with Crippen molar-refractivity contribution >= 4 is 23.5 Å². The lowest BCUT2D eigenvalue weighted by Crippen LogP contribution is -1.99. The van der Waals surface area contributed by atoms with E-state index in [1.807, 2.05) is 36.5 Å². The Balaban J connectivity index is 1.97. The predicted molar refractivity (Wildman–Crippen MR) is 103 cm³/mol. The zero-order chi connectivity index (χ0) is 17.1. The van der Waals surface area contributed by atoms with E-state index >= 15 is 0 Å². The molecule has 1 heterocycles. The first-order chi connectivity index (χ1) is 11.6. The van der Waals surface area contributed by atoms with Gasteiger partial charge < -0.3 is 4.57 Å². The van der Waals surface area contributed by atoms with Crippen molar-refractivity contribution in [1.29, 1.82) is 0 Å². The SMILES string of the molecule is CCc1ccccc1N=Cc1cc(C)n(-c2ccc(Cl)cc2)c1C. The fourth-order valence-electron chi connectivity index (χ4n) is 2.98. The highest BCUT2D eigenvalue weighted by molar-refractivity contribution is 6.30. The molecular formula is C21H21ClN2. The summed E-state index contributed by atoms with van der Waals surface area (Å²) in [6.07, 6.45) is 2.94. The van der Waals surface area contributed by atoms with Gasteiger partial charge in [-0.1, -0.05) is 36.7 Å². The Labute approximate surface area is 148 Å². The Morgan fingerprint density at radius 1 is 1.04 bits per heavy atom. The third-order valence-electron chi connectivity index (χ3n) is 4.27. The zero-order valence-corrected chi connectivity index (χ0v) is 15.0. The molecule has 0 atom stereocenters. The van der Waals surface area contributed by atoms with Crippen molar-refractivity contribution in [3.05, 3.63) is 82.1 Å². The zero-order valence-electron chi connectivity index (χ0n) is 14.3. The van der Waals surface area contributed by atoms with Gasteiger partial charge in [0.2, 0.25) is 0 Å². The van der Waals surface area contributed by atoms with Gasteiger partial charge in [0.25, 0.3) is 0 Å². The smallest absolute Gasteiger partial charge is 0.0661 e. The Morgan fingerprint density at radius 3 is 2.46 bits per heavy atom. The number of para-hydroxylation sites is 1. The normalized spacial score (nSPS) is 11.3. The largest absolute Gasteiger partial charge is 0.318 e. The van der Waals surface area contributed by atoms with E-state index in [1.54, 1.807) is 0 Å². The van der Waals surface area contributed by atoms with Crippen molar-refractivity contribution < 1.29 is 0 Å². The van der Waals surface area contributed by atoms with E-state index in [4.69, 9.17) is 16.6 Å². The van der Waals surface area contributed by atoms with Crippen molar-refractivity contribution in [1.82, 2.24) is 4.57 Å². The molecule has 24 heavy (non-hydrogen) atoms. The fraction of sp³-hybridized carbons (Fsp3) is 0.190. The Kier molecular flexibility index (Phi) is 4.86. The summed E-state index contributed by atoms with van der Waals surface area (Å²) >= 11 is 6.00. The first-order valence-corrected chi connectivity index (χ1v) is 8.54. The summed E-state index contributed by atoms with van der Waals surface area (Å²) in [4.78, 5) is 4.71. The number of benzene rings is 2. The number of aliphatic imine (C=N–C) groups is 1. The quantitative estimate of drug-likeness (QED) is 0.515. The molecular weight excluding hydrogens is 316 g/mol. The van der Waals surface area contributed by atoms with Crippen LogP contribution in [0.25, 0.3) is 5.69 Å². The topological polar surface area (TPSA) is 17.3 Å². The van der Waals surface area contributed by atoms with Crippen LogP contribution in [0.3, 0.4) is 0 Å². The van der Waals surface area contributed by atoms with Crippen LogP contribution in [0.5, 0.6) is 0 Å². The number of nitrogens with zero attached hydrogens (tertiary/aromatic N) is 2. The van der Waals surface area contributed by atoms with Crippen LogP contribution >= 0.6 is 11.6 Å². The van der Waals surface area contributed by atoms with E-state index in [0.717, 1.165) is 28.4 Å². The molecule has 0 aliphatic carbocycles. The average Bonchev–Trinajstić information content (AvgIpc) is 2.88. The van der Waals surface area contributed by atoms with Gasteiger partial charge >= 0.3 is 0 Å². The highest BCUT2D eigenvalue weighted by Gasteiger charge is 2.09. The van der Waals surface area contributed by atoms with Gasteiger partial charge in [-0.2, -0.15) is 0 Å². The Hall–Kier alpha value is -2.32. The first kappa shape index (κ1) is 16.5. The molecule has 0 radical (unpaired) electrons. The van der Waals surface area contributed by atoms with Gasteiger partial charge in [-0.15, -0.1) is 0 Å². The van der Waals surface area contributed by atoms with Crippen LogP contribution in [0, 0.1) is 13.8 Å². The molecule has 1 aromatic heterocycles. The molecule has 2 nitrogen and oxygen atoms in total. The molecule has 0 bridgehead atoms. The number of aryl methyl sites for hydroxylation is 2. The minimum Gasteiger partial charge on any atom is -0.318 e. The monoisotopic (exact) mass is 336 g/mol. The minimum absolute atomic E-state index is 0.749. The van der Waals surface area contributed by atoms with Crippen LogP contribution in [-0.2, 0) is 6.42 Å². The standard InChI is InChI=1S/C21H21ClN2/c1-4-17-7-5-6-8-21(17)23-14-18-13-15(2)24(16(18)3)20-11-9-19(22)10-12-20/h5-14H,4H2,1-3H3. The third kappa shape index (κ3) is 3.29. The van der Waals surface area contributed by atoms with Crippen molar-refractivity contribution in [2.75, 3.05) is 0 Å². The maximum absolute atomic E-state index is 6.00. The summed E-state index contributed by atoms with van der Waals surface area (Å²) in [5, 5.41) is 0.749. The minimum atomic E-state index is 0.749. The van der Waals surface area contributed by atoms with Crippen LogP contribution in [0.2, 0.25) is 5.02 Å². The highest BCUT2D eigenvalue weighted by atomic mass is 35.5. The third-order valence-corrected chi connectivity index (χ3v) is 4.52. The Morgan fingerprint density at radius 2 is 1.75 bits per heavy atom. The van der Waals surface area contributed by atoms with Crippen LogP contribution in [0.4, 0.5) is 5.69 Å². The number of rotatable bonds is 4. The molecule has 3 heteroatoms. The van der Waals surface area contributed by atoms with Gasteiger partial charge in [-0.3, -0.25) is 4.99 Å². The summed E-state index contributed by atoms with van der Waals surface area (Å²) in [7, 11) is 0. The van der Waals surface area contributed by atoms with Crippen molar-refractivity contribution in [2.24, 2.45) is 4.99 Å². The van der Waals surface area contributed by atoms with Gasteiger partial charge in [-0.05, 0) is 62.2 Å². The van der Waals surface area contributed by atoms with Crippen LogP contribution in [-0.4, -0.2) is 10.8 Å². The lowest BCUT2D eigenvalue weighted by atomic mass is 10.1. The molecule has 3 rings (SSSR count). The molecule has 0 aliphatic heterocycles. The molecule has 0 saturated heterocycles. The van der Waals surface area contributed by atoms with Gasteiger partial charge in [-0.25, -0.2) is 0 Å². The molecule has 0 aliphatic rings. The van der Waals surface area contributed by atoms with Gasteiger partial charge in [0.05, 0.1) is 5.69 Å². The molecule has 0 N–H and O–H groups in total. The molecule has 3 aromatic rings. The number of hydrogen-bond donors (Lipinski definition) is 0. The van der Waals surface area contributed by atoms with E-state index in [-0.39, 0.29) is 0 Å². The van der Waals surface area contributed by atoms with Gasteiger partial charge in [0.15, 0.2) is 0 Å². The van der Waals surface area contributed by atoms with Crippen LogP contribution in [0.1, 0.15) is 29.4 Å². The second-order valence-corrected chi connectivity index (χ2v) is 6.32. The van der Waals surface area contributed by atoms with Crippen LogP contribution in [0.15, 0.2) is 59.6 Å². The molecule has 0 fully saturated rings. The number of hydrogen-bond acceptors (Lipinski definition) is 1. The van der Waals surface area contributed by atoms with Crippen LogP contribution < -0.4 is 0 Å². The molecule has 0 amide bonds. The van der Waals surface area contributed by atoms with E-state index < -0.39 is 0 Å². The molecule has 0 unspecified atom stereocenters. The van der Waals surface area contributed by atoms with Crippen molar-refractivity contribution in [3.63, 3.8) is 0 Å². The summed E-state index contributed by atoms with van der Waals surface area (Å²) in [5.41, 5.74) is 6.90. The molecule has 2 aromatic carbocycles. The lowest BCUT2D eigenvalue weighted by molar-refractivity contribution is 0.965. The van der Waals surface area contributed by atoms with E-state index in [0.29, 0.717) is 0 Å². The van der Waals surface area contributed by atoms with E-state index in [1.165, 1.54) is 17.0 Å². The van der Waals surface area contributed by atoms with Crippen molar-refractivity contribution in [3.8, 4) is 5.69 Å². The summed E-state index contributed by atoms with van der Waals surface area (Å²) in [6.45, 7) is 6.38. The molecule has 0 spiro atoms. The maximum Gasteiger partial charge on any atom is 0.0661 e. The summed E-state index contributed by atoms with van der Waals surface area (Å²) in [6, 6.07) is 18.4. The second-order valence-electron chi connectivity index (χ2n) is 5.88. The predicted octanol–water partition coefficient (Wildman–Crippen LogP) is 6.06. The second kappa shape index (κ2) is 7.06. The van der Waals surface area contributed by atoms with E-state index in [2.05, 4.69) is 49.6 Å². The number of aromatic nitrogens is 1. The highest BCUT2D eigenvalue weighted by Crippen LogP contribution is 2.23. The summed E-state index contributed by atoms with van der Waals surface area (Å²) < 4.78 is 2.23. The fourth-order valence-corrected chi connectivity index (χ4v) is 3.11. The lowest BCUT2D eigenvalue weighted by Gasteiger charge is -2.09. The first-order valence-electron chi connectivity index (χ1n) is 8.17. The Bertz CT molecular complexity index is 873. The van der Waals surface area contributed by atoms with Gasteiger partial charge in [0, 0.05) is 33.9 Å². The van der Waals surface area contributed by atoms with Crippen molar-refractivity contribution in [2.45, 2.75) is 27.2 Å². The molecule has 122 valence electrons. The van der Waals surface area contributed by atoms with E-state index in [9.17, 15) is 0 Å². The maximum atomic E-state index is 6.00. The number of halogens is 1. The molecule has 0 saturated carbocycles. The summed E-state index contributed by atoms with van der Waals surface area (Å²) in [5.74, 6) is 0. The average molecular weight is 337 g/mol.